The van der Waals surface area contributed by atoms with Crippen LogP contribution in [0.2, 0.25) is 0 Å². The summed E-state index contributed by atoms with van der Waals surface area (Å²) >= 11 is 0. The normalized spacial score (nSPS) is 20.9. The number of rotatable bonds is 7. The van der Waals surface area contributed by atoms with Crippen LogP contribution in [0.4, 0.5) is 0 Å². The fraction of sp³-hybridized carbons (Fsp3) is 0.800. The van der Waals surface area contributed by atoms with Crippen LogP contribution in [0.3, 0.4) is 0 Å². The minimum Gasteiger partial charge on any atom is -0.378 e. The summed E-state index contributed by atoms with van der Waals surface area (Å²) in [7, 11) is 0. The summed E-state index contributed by atoms with van der Waals surface area (Å²) in [6.45, 7) is 6.10. The van der Waals surface area contributed by atoms with Gasteiger partial charge < -0.3 is 10.5 Å². The molecule has 4 nitrogen and oxygen atoms in total. The Morgan fingerprint density at radius 1 is 1.53 bits per heavy atom. The molecule has 0 aliphatic carbocycles. The minimum absolute atomic E-state index is 0.106. The van der Waals surface area contributed by atoms with Crippen molar-refractivity contribution in [2.75, 3.05) is 6.61 Å². The molecular weight excluding hydrogens is 238 g/mol. The highest BCUT2D eigenvalue weighted by Crippen LogP contribution is 2.22. The van der Waals surface area contributed by atoms with E-state index in [4.69, 9.17) is 10.5 Å². The van der Waals surface area contributed by atoms with Crippen molar-refractivity contribution >= 4 is 0 Å². The first-order valence-corrected chi connectivity index (χ1v) is 7.68. The van der Waals surface area contributed by atoms with E-state index in [0.717, 1.165) is 44.5 Å². The molecule has 2 rings (SSSR count). The van der Waals surface area contributed by atoms with E-state index in [-0.39, 0.29) is 6.04 Å². The number of aromatic nitrogens is 2. The summed E-state index contributed by atoms with van der Waals surface area (Å²) in [5.74, 6) is 0. The quantitative estimate of drug-likeness (QED) is 0.824. The highest BCUT2D eigenvalue weighted by molar-refractivity contribution is 5.14. The van der Waals surface area contributed by atoms with Crippen molar-refractivity contribution in [2.24, 2.45) is 5.73 Å². The average molecular weight is 265 g/mol. The number of nitrogens with two attached hydrogens (primary N) is 1. The topological polar surface area (TPSA) is 53.1 Å². The molecule has 0 spiro atoms. The molecule has 1 saturated heterocycles. The van der Waals surface area contributed by atoms with Gasteiger partial charge in [0.15, 0.2) is 0 Å². The summed E-state index contributed by atoms with van der Waals surface area (Å²) in [4.78, 5) is 0. The molecule has 0 saturated carbocycles. The molecule has 2 heterocycles. The smallest absolute Gasteiger partial charge is 0.0625 e. The van der Waals surface area contributed by atoms with Crippen molar-refractivity contribution < 1.29 is 4.74 Å². The third-order valence-electron chi connectivity index (χ3n) is 3.97. The molecular formula is C15H27N3O. The molecule has 2 atom stereocenters. The van der Waals surface area contributed by atoms with Crippen LogP contribution in [0.25, 0.3) is 0 Å². The molecule has 0 radical (unpaired) electrons. The van der Waals surface area contributed by atoms with E-state index in [1.165, 1.54) is 18.5 Å². The van der Waals surface area contributed by atoms with Crippen LogP contribution >= 0.6 is 0 Å². The van der Waals surface area contributed by atoms with E-state index in [0.29, 0.717) is 6.10 Å². The molecule has 19 heavy (non-hydrogen) atoms. The van der Waals surface area contributed by atoms with Crippen LogP contribution in [0.5, 0.6) is 0 Å². The number of hydrogen-bond donors (Lipinski definition) is 1. The van der Waals surface area contributed by atoms with Crippen LogP contribution in [-0.4, -0.2) is 22.5 Å². The van der Waals surface area contributed by atoms with Crippen molar-refractivity contribution in [2.45, 2.75) is 71.1 Å². The van der Waals surface area contributed by atoms with Gasteiger partial charge in [-0.05, 0) is 51.5 Å². The average Bonchev–Trinajstić information content (AvgIpc) is 3.07. The van der Waals surface area contributed by atoms with E-state index in [2.05, 4.69) is 29.7 Å². The first-order valence-electron chi connectivity index (χ1n) is 7.68. The van der Waals surface area contributed by atoms with Crippen molar-refractivity contribution in [1.29, 1.82) is 0 Å². The van der Waals surface area contributed by atoms with Gasteiger partial charge in [0.25, 0.3) is 0 Å². The predicted molar refractivity (Wildman–Crippen MR) is 77.0 cm³/mol. The van der Waals surface area contributed by atoms with Crippen LogP contribution in [0.15, 0.2) is 6.07 Å². The Bertz CT molecular complexity index is 383. The van der Waals surface area contributed by atoms with Crippen LogP contribution in [0.1, 0.15) is 63.4 Å². The number of nitrogens with zero attached hydrogens (tertiary/aromatic N) is 2. The zero-order valence-electron chi connectivity index (χ0n) is 12.3. The van der Waals surface area contributed by atoms with E-state index >= 15 is 0 Å². The lowest BCUT2D eigenvalue weighted by Crippen LogP contribution is -2.16. The van der Waals surface area contributed by atoms with Crippen LogP contribution in [0, 0.1) is 0 Å². The van der Waals surface area contributed by atoms with E-state index < -0.39 is 0 Å². The first kappa shape index (κ1) is 14.5. The second-order valence-corrected chi connectivity index (χ2v) is 5.40. The van der Waals surface area contributed by atoms with Gasteiger partial charge in [-0.2, -0.15) is 5.10 Å². The Hall–Kier alpha value is -0.870. The summed E-state index contributed by atoms with van der Waals surface area (Å²) in [5.41, 5.74) is 8.65. The van der Waals surface area contributed by atoms with Gasteiger partial charge in [-0.15, -0.1) is 0 Å². The molecule has 0 bridgehead atoms. The molecule has 108 valence electrons. The third kappa shape index (κ3) is 3.80. The lowest BCUT2D eigenvalue weighted by atomic mass is 10.0. The predicted octanol–water partition coefficient (Wildman–Crippen LogP) is 2.81. The maximum atomic E-state index is 6.32. The van der Waals surface area contributed by atoms with Crippen molar-refractivity contribution in [3.8, 4) is 0 Å². The standard InChI is InChI=1S/C15H27N3O/c1-3-12-11-15(18(4-2)17-12)14(16)9-5-7-13-8-6-10-19-13/h11,13-14H,3-10,16H2,1-2H3. The number of aryl methyl sites for hydroxylation is 2. The van der Waals surface area contributed by atoms with Crippen molar-refractivity contribution in [3.63, 3.8) is 0 Å². The Morgan fingerprint density at radius 2 is 2.37 bits per heavy atom. The van der Waals surface area contributed by atoms with Gasteiger partial charge in [-0.1, -0.05) is 6.92 Å². The zero-order valence-corrected chi connectivity index (χ0v) is 12.3. The van der Waals surface area contributed by atoms with Gasteiger partial charge in [0.1, 0.15) is 0 Å². The molecule has 0 amide bonds. The lowest BCUT2D eigenvalue weighted by Gasteiger charge is -2.14. The molecule has 1 aromatic heterocycles. The van der Waals surface area contributed by atoms with E-state index in [1.54, 1.807) is 0 Å². The maximum absolute atomic E-state index is 6.32. The molecule has 2 N–H and O–H groups in total. The second kappa shape index (κ2) is 7.06. The molecule has 0 aromatic carbocycles. The maximum Gasteiger partial charge on any atom is 0.0625 e. The highest BCUT2D eigenvalue weighted by Gasteiger charge is 2.17. The second-order valence-electron chi connectivity index (χ2n) is 5.40. The molecule has 1 aliphatic heterocycles. The fourth-order valence-electron chi connectivity index (χ4n) is 2.80. The summed E-state index contributed by atoms with van der Waals surface area (Å²) < 4.78 is 7.70. The Balaban J connectivity index is 1.84. The largest absolute Gasteiger partial charge is 0.378 e. The van der Waals surface area contributed by atoms with E-state index in [1.807, 2.05) is 0 Å². The fourth-order valence-corrected chi connectivity index (χ4v) is 2.80. The van der Waals surface area contributed by atoms with Gasteiger partial charge in [-0.3, -0.25) is 4.68 Å². The Morgan fingerprint density at radius 3 is 3.00 bits per heavy atom. The summed E-state index contributed by atoms with van der Waals surface area (Å²) in [6.07, 6.45) is 7.21. The first-order chi connectivity index (χ1) is 9.24. The van der Waals surface area contributed by atoms with Crippen molar-refractivity contribution in [3.05, 3.63) is 17.5 Å². The molecule has 1 aromatic rings. The van der Waals surface area contributed by atoms with Gasteiger partial charge in [0.05, 0.1) is 17.5 Å². The highest BCUT2D eigenvalue weighted by atomic mass is 16.5. The van der Waals surface area contributed by atoms with E-state index in [9.17, 15) is 0 Å². The van der Waals surface area contributed by atoms with Gasteiger partial charge >= 0.3 is 0 Å². The lowest BCUT2D eigenvalue weighted by molar-refractivity contribution is 0.101. The molecule has 4 heteroatoms. The third-order valence-corrected chi connectivity index (χ3v) is 3.97. The number of hydrogen-bond acceptors (Lipinski definition) is 3. The molecule has 1 aliphatic rings. The zero-order chi connectivity index (χ0) is 13.7. The number of ether oxygens (including phenoxy) is 1. The summed E-state index contributed by atoms with van der Waals surface area (Å²) in [6, 6.07) is 2.27. The Labute approximate surface area is 116 Å². The van der Waals surface area contributed by atoms with Crippen LogP contribution in [-0.2, 0) is 17.7 Å². The minimum atomic E-state index is 0.106. The van der Waals surface area contributed by atoms with Crippen molar-refractivity contribution in [1.82, 2.24) is 9.78 Å². The Kier molecular flexibility index (Phi) is 5.40. The summed E-state index contributed by atoms with van der Waals surface area (Å²) in [5, 5.41) is 4.57. The van der Waals surface area contributed by atoms with Gasteiger partial charge in [0.2, 0.25) is 0 Å². The molecule has 2 unspecified atom stereocenters. The monoisotopic (exact) mass is 265 g/mol. The van der Waals surface area contributed by atoms with Gasteiger partial charge in [-0.25, -0.2) is 0 Å². The molecule has 1 fully saturated rings. The van der Waals surface area contributed by atoms with Gasteiger partial charge in [0, 0.05) is 19.2 Å². The SMILES string of the molecule is CCc1cc(C(N)CCCC2CCCO2)n(CC)n1. The van der Waals surface area contributed by atoms with Crippen LogP contribution < -0.4 is 5.73 Å².